The molecule has 0 bridgehead atoms. The highest BCUT2D eigenvalue weighted by atomic mass is 79.9. The molecule has 0 saturated carbocycles. The van der Waals surface area contributed by atoms with Crippen molar-refractivity contribution >= 4 is 32.5 Å². The maximum atomic E-state index is 14.3. The van der Waals surface area contributed by atoms with Gasteiger partial charge in [0.25, 0.3) is 5.56 Å². The lowest BCUT2D eigenvalue weighted by atomic mass is 10.0. The number of rotatable bonds is 1. The van der Waals surface area contributed by atoms with Gasteiger partial charge in [0, 0.05) is 10.9 Å². The quantitative estimate of drug-likeness (QED) is 0.629. The van der Waals surface area contributed by atoms with Gasteiger partial charge in [0.1, 0.15) is 17.5 Å². The van der Waals surface area contributed by atoms with Gasteiger partial charge in [-0.3, -0.25) is 4.79 Å². The predicted molar refractivity (Wildman–Crippen MR) is 84.5 cm³/mol. The molecule has 0 amide bonds. The Kier molecular flexibility index (Phi) is 3.63. The van der Waals surface area contributed by atoms with Crippen LogP contribution in [0.25, 0.3) is 21.9 Å². The number of nitrogens with zero attached hydrogens (tertiary/aromatic N) is 1. The number of hydrogen-bond acceptors (Lipinski definition) is 3. The highest BCUT2D eigenvalue weighted by molar-refractivity contribution is 9.10. The molecule has 2 heterocycles. The molecule has 23 heavy (non-hydrogen) atoms. The van der Waals surface area contributed by atoms with Gasteiger partial charge in [-0.15, -0.1) is 0 Å². The van der Waals surface area contributed by atoms with Crippen LogP contribution in [0, 0.1) is 24.5 Å². The summed E-state index contributed by atoms with van der Waals surface area (Å²) in [6, 6.07) is 3.63. The Morgan fingerprint density at radius 3 is 2.61 bits per heavy atom. The highest BCUT2D eigenvalue weighted by Gasteiger charge is 2.17. The largest absolute Gasteiger partial charge is 0.383 e. The van der Waals surface area contributed by atoms with Crippen LogP contribution in [-0.4, -0.2) is 9.97 Å². The van der Waals surface area contributed by atoms with Crippen LogP contribution in [0.5, 0.6) is 0 Å². The number of nitrogens with two attached hydrogens (primary N) is 1. The van der Waals surface area contributed by atoms with Gasteiger partial charge < -0.3 is 10.7 Å². The Balaban J connectivity index is 2.39. The number of aryl methyl sites for hydroxylation is 1. The Hall–Kier alpha value is -2.35. The van der Waals surface area contributed by atoms with Gasteiger partial charge in [-0.25, -0.2) is 13.8 Å². The number of benzene rings is 1. The number of H-pyrrole nitrogens is 1. The summed E-state index contributed by atoms with van der Waals surface area (Å²) in [5.74, 6) is -2.64. The number of halogens is 4. The molecule has 3 N–H and O–H groups in total. The number of aromatic amines is 1. The highest BCUT2D eigenvalue weighted by Crippen LogP contribution is 2.32. The molecule has 3 aromatic rings. The topological polar surface area (TPSA) is 71.8 Å². The number of fused-ring (bicyclic) bond motifs is 1. The van der Waals surface area contributed by atoms with Crippen LogP contribution >= 0.6 is 15.9 Å². The fraction of sp³-hybridized carbons (Fsp3) is 0.0667. The first-order valence-corrected chi connectivity index (χ1v) is 7.22. The zero-order valence-electron chi connectivity index (χ0n) is 11.7. The van der Waals surface area contributed by atoms with Crippen LogP contribution in [-0.2, 0) is 0 Å². The van der Waals surface area contributed by atoms with Crippen LogP contribution < -0.4 is 11.3 Å². The van der Waals surface area contributed by atoms with E-state index in [4.69, 9.17) is 5.73 Å². The Bertz CT molecular complexity index is 1020. The lowest BCUT2D eigenvalue weighted by Gasteiger charge is -2.10. The van der Waals surface area contributed by atoms with E-state index in [1.165, 1.54) is 19.1 Å². The second-order valence-corrected chi connectivity index (χ2v) is 5.82. The molecule has 0 unspecified atom stereocenters. The summed E-state index contributed by atoms with van der Waals surface area (Å²) in [7, 11) is 0. The number of hydrogen-bond donors (Lipinski definition) is 2. The van der Waals surface area contributed by atoms with E-state index in [1.54, 1.807) is 0 Å². The number of anilines is 1. The van der Waals surface area contributed by atoms with E-state index < -0.39 is 23.1 Å². The number of pyridine rings is 2. The van der Waals surface area contributed by atoms with Crippen molar-refractivity contribution in [2.75, 3.05) is 5.73 Å². The molecule has 0 fully saturated rings. The third kappa shape index (κ3) is 2.48. The third-order valence-electron chi connectivity index (χ3n) is 3.46. The lowest BCUT2D eigenvalue weighted by molar-refractivity contribution is 0.579. The Labute approximate surface area is 136 Å². The van der Waals surface area contributed by atoms with Gasteiger partial charge in [0.2, 0.25) is 5.95 Å². The predicted octanol–water partition coefficient (Wildman–Crippen LogP) is 3.66. The Morgan fingerprint density at radius 2 is 1.91 bits per heavy atom. The fourth-order valence-corrected chi connectivity index (χ4v) is 2.68. The van der Waals surface area contributed by atoms with Crippen molar-refractivity contribution in [1.82, 2.24) is 9.97 Å². The van der Waals surface area contributed by atoms with E-state index in [-0.39, 0.29) is 37.9 Å². The first kappa shape index (κ1) is 15.5. The maximum absolute atomic E-state index is 14.3. The average molecular weight is 384 g/mol. The monoisotopic (exact) mass is 383 g/mol. The molecule has 2 aromatic heterocycles. The minimum atomic E-state index is -0.905. The fourth-order valence-electron chi connectivity index (χ4n) is 2.37. The first-order valence-electron chi connectivity index (χ1n) is 6.43. The van der Waals surface area contributed by atoms with Crippen LogP contribution in [0.15, 0.2) is 27.5 Å². The van der Waals surface area contributed by atoms with E-state index in [0.29, 0.717) is 0 Å². The smallest absolute Gasteiger partial charge is 0.259 e. The zero-order chi connectivity index (χ0) is 16.9. The molecule has 4 nitrogen and oxygen atoms in total. The van der Waals surface area contributed by atoms with Gasteiger partial charge in [-0.2, -0.15) is 4.39 Å². The normalized spacial score (nSPS) is 11.2. The number of aromatic nitrogens is 2. The average Bonchev–Trinajstić information content (AvgIpc) is 2.47. The second-order valence-electron chi connectivity index (χ2n) is 4.97. The number of nitrogens with one attached hydrogen (secondary N) is 1. The molecule has 0 spiro atoms. The second kappa shape index (κ2) is 5.38. The minimum absolute atomic E-state index is 0.00886. The van der Waals surface area contributed by atoms with Gasteiger partial charge in [0.15, 0.2) is 0 Å². The first-order chi connectivity index (χ1) is 10.8. The molecular formula is C15H9BrF3N3O. The zero-order valence-corrected chi connectivity index (χ0v) is 13.3. The molecule has 8 heteroatoms. The van der Waals surface area contributed by atoms with Crippen molar-refractivity contribution in [3.63, 3.8) is 0 Å². The minimum Gasteiger partial charge on any atom is -0.383 e. The Morgan fingerprint density at radius 1 is 1.22 bits per heavy atom. The van der Waals surface area contributed by atoms with Crippen molar-refractivity contribution in [3.8, 4) is 11.1 Å². The third-order valence-corrected chi connectivity index (χ3v) is 4.01. The van der Waals surface area contributed by atoms with Crippen molar-refractivity contribution in [2.45, 2.75) is 6.92 Å². The van der Waals surface area contributed by atoms with Crippen LogP contribution in [0.4, 0.5) is 19.0 Å². The van der Waals surface area contributed by atoms with E-state index in [2.05, 4.69) is 25.9 Å². The van der Waals surface area contributed by atoms with Gasteiger partial charge in [-0.05, 0) is 46.6 Å². The van der Waals surface area contributed by atoms with Gasteiger partial charge in [0.05, 0.1) is 15.6 Å². The molecule has 0 radical (unpaired) electrons. The molecule has 0 aliphatic heterocycles. The van der Waals surface area contributed by atoms with Crippen molar-refractivity contribution in [2.24, 2.45) is 0 Å². The molecule has 1 aromatic carbocycles. The molecule has 3 rings (SSSR count). The van der Waals surface area contributed by atoms with E-state index in [0.717, 1.165) is 6.07 Å². The summed E-state index contributed by atoms with van der Waals surface area (Å²) < 4.78 is 41.9. The summed E-state index contributed by atoms with van der Waals surface area (Å²) in [5, 5.41) is -0.564. The summed E-state index contributed by atoms with van der Waals surface area (Å²) in [6.07, 6.45) is 0. The number of nitrogen functional groups attached to an aromatic ring is 1. The van der Waals surface area contributed by atoms with Crippen molar-refractivity contribution < 1.29 is 13.2 Å². The van der Waals surface area contributed by atoms with E-state index >= 15 is 0 Å². The molecule has 0 aliphatic rings. The van der Waals surface area contributed by atoms with Crippen LogP contribution in [0.2, 0.25) is 0 Å². The van der Waals surface area contributed by atoms with E-state index in [9.17, 15) is 18.0 Å². The summed E-state index contributed by atoms with van der Waals surface area (Å²) in [6.45, 7) is 1.37. The molecule has 118 valence electrons. The molecule has 0 saturated heterocycles. The van der Waals surface area contributed by atoms with Crippen LogP contribution in [0.1, 0.15) is 5.69 Å². The van der Waals surface area contributed by atoms with Crippen molar-refractivity contribution in [1.29, 1.82) is 0 Å². The molecule has 0 aliphatic carbocycles. The van der Waals surface area contributed by atoms with Crippen LogP contribution in [0.3, 0.4) is 0 Å². The summed E-state index contributed by atoms with van der Waals surface area (Å²) >= 11 is 2.97. The van der Waals surface area contributed by atoms with Gasteiger partial charge >= 0.3 is 0 Å². The SMILES string of the molecule is Cc1[nH]c(=O)c2c(F)cc(-c3cc(Br)c(F)nc3N)cc2c1F. The lowest BCUT2D eigenvalue weighted by Crippen LogP contribution is -2.12. The molecular weight excluding hydrogens is 375 g/mol. The maximum Gasteiger partial charge on any atom is 0.259 e. The summed E-state index contributed by atoms with van der Waals surface area (Å²) in [4.78, 5) is 17.6. The van der Waals surface area contributed by atoms with Crippen molar-refractivity contribution in [3.05, 3.63) is 56.3 Å². The van der Waals surface area contributed by atoms with E-state index in [1.807, 2.05) is 0 Å². The standard InChI is InChI=1S/C15H9BrF3N3O/c1-5-12(18)8-2-6(3-10(17)11(8)15(23)21-5)7-4-9(16)13(19)22-14(7)20/h2-4H,1H3,(H2,20,22)(H,21,23). The molecule has 0 atom stereocenters. The summed E-state index contributed by atoms with van der Waals surface area (Å²) in [5.41, 5.74) is 5.33. The van der Waals surface area contributed by atoms with Gasteiger partial charge in [-0.1, -0.05) is 0 Å².